The molecule has 5 heterocycles. The van der Waals surface area contributed by atoms with Crippen LogP contribution in [0.2, 0.25) is 0 Å². The fourth-order valence-electron chi connectivity index (χ4n) is 8.10. The molecule has 1 aliphatic carbocycles. The van der Waals surface area contributed by atoms with Crippen LogP contribution in [0.4, 0.5) is 0 Å². The normalized spacial score (nSPS) is 34.2. The highest BCUT2D eigenvalue weighted by atomic mass is 16.7. The molecule has 0 bridgehead atoms. The van der Waals surface area contributed by atoms with Crippen LogP contribution in [-0.2, 0) is 25.5 Å². The molecular weight excluding hydrogens is 534 g/mol. The summed E-state index contributed by atoms with van der Waals surface area (Å²) >= 11 is 0. The molecule has 0 saturated carbocycles. The van der Waals surface area contributed by atoms with Crippen LogP contribution in [0.1, 0.15) is 58.1 Å². The number of H-pyrrole nitrogens is 1. The van der Waals surface area contributed by atoms with Crippen LogP contribution >= 0.6 is 0 Å². The lowest BCUT2D eigenvalue weighted by atomic mass is 9.79. The van der Waals surface area contributed by atoms with Gasteiger partial charge in [-0.15, -0.1) is 0 Å². The van der Waals surface area contributed by atoms with Gasteiger partial charge in [-0.2, -0.15) is 0 Å². The summed E-state index contributed by atoms with van der Waals surface area (Å²) < 4.78 is 6.43. The summed E-state index contributed by atoms with van der Waals surface area (Å²) in [5.41, 5.74) is 2.79. The maximum absolute atomic E-state index is 14.4. The second kappa shape index (κ2) is 9.39. The Bertz CT molecular complexity index is 1510. The molecule has 4 aliphatic heterocycles. The Morgan fingerprint density at radius 3 is 2.76 bits per heavy atom. The first kappa shape index (κ1) is 27.6. The second-order valence-electron chi connectivity index (χ2n) is 13.6. The molecule has 2 aromatic rings. The molecule has 4 unspecified atom stereocenters. The zero-order valence-electron chi connectivity index (χ0n) is 25.0. The number of ether oxygens (including phenoxy) is 1. The molecule has 6 atom stereocenters. The van der Waals surface area contributed by atoms with Gasteiger partial charge in [0.1, 0.15) is 12.1 Å². The lowest BCUT2D eigenvalue weighted by Gasteiger charge is -2.49. The largest absolute Gasteiger partial charge is 0.361 e. The molecule has 3 N–H and O–H groups in total. The molecule has 1 aromatic heterocycles. The average molecular weight is 576 g/mol. The number of likely N-dealkylation sites (N-methyl/N-ethyl adjacent to an activating group) is 1. The lowest BCUT2D eigenvalue weighted by Crippen LogP contribution is -2.71. The summed E-state index contributed by atoms with van der Waals surface area (Å²) in [7, 11) is 2.03. The van der Waals surface area contributed by atoms with Gasteiger partial charge in [-0.05, 0) is 61.4 Å². The Labute approximate surface area is 246 Å². The average Bonchev–Trinajstić information content (AvgIpc) is 3.65. The number of nitrogens with zero attached hydrogens (tertiary/aromatic N) is 3. The van der Waals surface area contributed by atoms with E-state index in [2.05, 4.69) is 33.5 Å². The van der Waals surface area contributed by atoms with E-state index < -0.39 is 41.5 Å². The van der Waals surface area contributed by atoms with Crippen molar-refractivity contribution < 1.29 is 24.2 Å². The lowest BCUT2D eigenvalue weighted by molar-refractivity contribution is -0.322. The van der Waals surface area contributed by atoms with Crippen molar-refractivity contribution in [1.29, 1.82) is 0 Å². The zero-order valence-corrected chi connectivity index (χ0v) is 25.0. The van der Waals surface area contributed by atoms with Crippen molar-refractivity contribution in [1.82, 2.24) is 25.0 Å². The van der Waals surface area contributed by atoms with Gasteiger partial charge in [-0.1, -0.05) is 45.9 Å². The van der Waals surface area contributed by atoms with E-state index in [9.17, 15) is 19.5 Å². The molecular formula is C32H41N5O5. The number of piperazine rings is 1. The van der Waals surface area contributed by atoms with Gasteiger partial charge < -0.3 is 20.3 Å². The highest BCUT2D eigenvalue weighted by Crippen LogP contribution is 2.48. The van der Waals surface area contributed by atoms with E-state index in [4.69, 9.17) is 4.74 Å². The van der Waals surface area contributed by atoms with E-state index in [1.807, 2.05) is 46.9 Å². The molecule has 3 fully saturated rings. The summed E-state index contributed by atoms with van der Waals surface area (Å²) in [5, 5.41) is 16.3. The van der Waals surface area contributed by atoms with Crippen LogP contribution in [-0.4, -0.2) is 92.4 Å². The maximum atomic E-state index is 14.4. The van der Waals surface area contributed by atoms with Crippen LogP contribution in [0, 0.1) is 17.8 Å². The van der Waals surface area contributed by atoms with Crippen LogP contribution in [0.25, 0.3) is 16.5 Å². The molecule has 10 heteroatoms. The van der Waals surface area contributed by atoms with Crippen LogP contribution in [0.15, 0.2) is 30.5 Å². The molecule has 1 aromatic carbocycles. The predicted molar refractivity (Wildman–Crippen MR) is 156 cm³/mol. The van der Waals surface area contributed by atoms with Crippen molar-refractivity contribution >= 4 is 34.2 Å². The fraction of sp³-hybridized carbons (Fsp3) is 0.594. The maximum Gasteiger partial charge on any atom is 0.281 e. The van der Waals surface area contributed by atoms with Crippen molar-refractivity contribution in [2.45, 2.75) is 83.1 Å². The summed E-state index contributed by atoms with van der Waals surface area (Å²) in [6.07, 6.45) is 6.62. The number of aliphatic hydroxyl groups is 1. The minimum atomic E-state index is -2.00. The Morgan fingerprint density at radius 2 is 2.02 bits per heavy atom. The van der Waals surface area contributed by atoms with Gasteiger partial charge in [0.2, 0.25) is 17.5 Å². The minimum absolute atomic E-state index is 0.108. The quantitative estimate of drug-likeness (QED) is 0.504. The Hall–Kier alpha value is -3.21. The number of carbonyl (C=O) groups is 3. The third-order valence-electron chi connectivity index (χ3n) is 10.2. The van der Waals surface area contributed by atoms with E-state index in [0.29, 0.717) is 25.9 Å². The Balaban J connectivity index is 1.24. The molecule has 3 saturated heterocycles. The van der Waals surface area contributed by atoms with Gasteiger partial charge in [0.05, 0.1) is 5.92 Å². The summed E-state index contributed by atoms with van der Waals surface area (Å²) in [4.78, 5) is 50.7. The van der Waals surface area contributed by atoms with Crippen LogP contribution in [0.5, 0.6) is 0 Å². The number of aromatic amines is 1. The smallest absolute Gasteiger partial charge is 0.281 e. The fourth-order valence-corrected chi connectivity index (χ4v) is 8.10. The molecule has 224 valence electrons. The number of rotatable bonds is 5. The number of nitrogens with one attached hydrogen (secondary N) is 2. The van der Waals surface area contributed by atoms with Crippen molar-refractivity contribution in [2.24, 2.45) is 17.8 Å². The highest BCUT2D eigenvalue weighted by Gasteiger charge is 2.72. The molecule has 0 spiro atoms. The second-order valence-corrected chi connectivity index (χ2v) is 13.6. The number of carbonyl (C=O) groups excluding carboxylic acids is 3. The third kappa shape index (κ3) is 3.70. The molecule has 10 nitrogen and oxygen atoms in total. The van der Waals surface area contributed by atoms with E-state index in [1.54, 1.807) is 4.90 Å². The summed E-state index contributed by atoms with van der Waals surface area (Å²) in [5.74, 6) is -3.97. The number of hydrogen-bond donors (Lipinski definition) is 3. The van der Waals surface area contributed by atoms with Gasteiger partial charge >= 0.3 is 0 Å². The van der Waals surface area contributed by atoms with Gasteiger partial charge in [-0.3, -0.25) is 28.9 Å². The number of hydrogen-bond acceptors (Lipinski definition) is 6. The monoisotopic (exact) mass is 575 g/mol. The number of fused-ring (bicyclic) bond motifs is 5. The third-order valence-corrected chi connectivity index (χ3v) is 10.2. The molecule has 5 aliphatic rings. The first-order chi connectivity index (χ1) is 20.0. The van der Waals surface area contributed by atoms with Gasteiger partial charge in [0, 0.05) is 42.1 Å². The first-order valence-corrected chi connectivity index (χ1v) is 15.4. The Morgan fingerprint density at radius 1 is 1.24 bits per heavy atom. The predicted octanol–water partition coefficient (Wildman–Crippen LogP) is 2.43. The summed E-state index contributed by atoms with van der Waals surface area (Å²) in [6, 6.07) is 4.84. The zero-order chi connectivity index (χ0) is 29.7. The topological polar surface area (TPSA) is 118 Å². The van der Waals surface area contributed by atoms with Crippen molar-refractivity contribution in [3.8, 4) is 0 Å². The van der Waals surface area contributed by atoms with Crippen molar-refractivity contribution in [2.75, 3.05) is 20.1 Å². The number of benzene rings is 1. The number of aromatic nitrogens is 1. The van der Waals surface area contributed by atoms with E-state index in [-0.39, 0.29) is 23.8 Å². The summed E-state index contributed by atoms with van der Waals surface area (Å²) in [6.45, 7) is 8.60. The molecule has 42 heavy (non-hydrogen) atoms. The molecule has 0 radical (unpaired) electrons. The SMILES string of the molecule is CC(C)CC1C(=O)N2CCCC2C2(O)OC(NC(=O)[C@H]3C=C4c5cccc6[nH]cc(c56)C[C@@H]4N(C)C3)(C(C)C)C(=O)N12. The first-order valence-electron chi connectivity index (χ1n) is 15.4. The van der Waals surface area contributed by atoms with Crippen molar-refractivity contribution in [3.63, 3.8) is 0 Å². The van der Waals surface area contributed by atoms with Crippen molar-refractivity contribution in [3.05, 3.63) is 41.6 Å². The van der Waals surface area contributed by atoms with Gasteiger partial charge in [0.25, 0.3) is 11.8 Å². The minimum Gasteiger partial charge on any atom is -0.361 e. The van der Waals surface area contributed by atoms with E-state index >= 15 is 0 Å². The van der Waals surface area contributed by atoms with Gasteiger partial charge in [-0.25, -0.2) is 0 Å². The molecule has 7 rings (SSSR count). The Kier molecular flexibility index (Phi) is 6.18. The standard InChI is InChI=1S/C32H41N5O5/c1-17(2)12-25-29(39)36-11-7-10-26(36)32(41)37(25)30(40)31(42-32,18(3)4)34-28(38)20-13-22-21-8-6-9-23-27(21)19(15-33-23)14-24(22)35(5)16-20/h6,8-9,13,15,17-18,20,24-26,33,41H,7,10-12,14,16H2,1-5H3,(H,34,38)/t20-,24-,25?,26?,31?,32?/m0/s1. The molecule has 3 amide bonds. The van der Waals surface area contributed by atoms with Crippen LogP contribution < -0.4 is 5.32 Å². The highest BCUT2D eigenvalue weighted by molar-refractivity contribution is 6.01. The van der Waals surface area contributed by atoms with Crippen LogP contribution in [0.3, 0.4) is 0 Å². The van der Waals surface area contributed by atoms with E-state index in [1.165, 1.54) is 15.8 Å². The van der Waals surface area contributed by atoms with Gasteiger partial charge in [0.15, 0.2) is 0 Å². The van der Waals surface area contributed by atoms with E-state index in [0.717, 1.165) is 29.5 Å². The number of amides is 3.